The average molecular weight is 497 g/mol. The molecule has 0 unspecified atom stereocenters. The van der Waals surface area contributed by atoms with Crippen molar-refractivity contribution in [2.45, 2.75) is 53.6 Å². The van der Waals surface area contributed by atoms with E-state index in [1.807, 2.05) is 20.8 Å². The van der Waals surface area contributed by atoms with Crippen LogP contribution in [-0.2, 0) is 13.1 Å². The summed E-state index contributed by atoms with van der Waals surface area (Å²) in [5.41, 5.74) is 1.55. The van der Waals surface area contributed by atoms with Gasteiger partial charge < -0.3 is 4.98 Å². The van der Waals surface area contributed by atoms with Crippen LogP contribution in [0.2, 0.25) is 5.28 Å². The third-order valence-electron chi connectivity index (χ3n) is 4.47. The topological polar surface area (TPSA) is 81.4 Å². The van der Waals surface area contributed by atoms with Crippen molar-refractivity contribution in [3.63, 3.8) is 0 Å². The second kappa shape index (κ2) is 12.9. The van der Waals surface area contributed by atoms with E-state index in [0.717, 1.165) is 6.42 Å². The number of rotatable bonds is 6. The average Bonchev–Trinajstić information content (AvgIpc) is 3.46. The molecule has 4 rings (SSSR count). The zero-order chi connectivity index (χ0) is 25.3. The summed E-state index contributed by atoms with van der Waals surface area (Å²) in [6, 6.07) is 6.20. The molecule has 0 saturated carbocycles. The molecule has 0 saturated heterocycles. The summed E-state index contributed by atoms with van der Waals surface area (Å²) in [6.45, 7) is 7.94. The summed E-state index contributed by atoms with van der Waals surface area (Å²) in [4.78, 5) is 24.1. The predicted molar refractivity (Wildman–Crippen MR) is 128 cm³/mol. The third kappa shape index (κ3) is 6.47. The second-order valence-electron chi connectivity index (χ2n) is 6.86. The lowest BCUT2D eigenvalue weighted by molar-refractivity contribution is 0.151. The SMILES string of the molecule is CC.CCCn1c(Cl)nc2nc(-c3cnn(Cc4cccc(C(F)F)c4)c3)[nH]c2c1=O.CCF. The summed E-state index contributed by atoms with van der Waals surface area (Å²) in [6.07, 6.45) is 1.53. The third-order valence-corrected chi connectivity index (χ3v) is 4.75. The Morgan fingerprint density at radius 3 is 2.53 bits per heavy atom. The van der Waals surface area contributed by atoms with Gasteiger partial charge in [-0.15, -0.1) is 0 Å². The number of nitrogens with one attached hydrogen (secondary N) is 1. The molecule has 4 aromatic rings. The summed E-state index contributed by atoms with van der Waals surface area (Å²) in [7, 11) is 0. The fourth-order valence-corrected chi connectivity index (χ4v) is 3.34. The second-order valence-corrected chi connectivity index (χ2v) is 7.20. The first-order valence-corrected chi connectivity index (χ1v) is 11.4. The van der Waals surface area contributed by atoms with Crippen molar-refractivity contribution in [1.82, 2.24) is 29.3 Å². The summed E-state index contributed by atoms with van der Waals surface area (Å²) in [5, 5.41) is 4.35. The number of imidazole rings is 1. The van der Waals surface area contributed by atoms with E-state index in [2.05, 4.69) is 20.1 Å². The van der Waals surface area contributed by atoms with Crippen LogP contribution in [0.5, 0.6) is 0 Å². The first kappa shape index (κ1) is 27.1. The van der Waals surface area contributed by atoms with Gasteiger partial charge in [0.05, 0.1) is 25.0 Å². The summed E-state index contributed by atoms with van der Waals surface area (Å²) >= 11 is 6.10. The van der Waals surface area contributed by atoms with E-state index in [1.165, 1.54) is 23.6 Å². The fourth-order valence-electron chi connectivity index (χ4n) is 3.10. The van der Waals surface area contributed by atoms with E-state index < -0.39 is 6.43 Å². The minimum absolute atomic E-state index is 0.0292. The van der Waals surface area contributed by atoms with Crippen LogP contribution in [0.4, 0.5) is 13.2 Å². The molecule has 1 aromatic carbocycles. The molecule has 0 radical (unpaired) electrons. The van der Waals surface area contributed by atoms with Crippen molar-refractivity contribution in [1.29, 1.82) is 0 Å². The van der Waals surface area contributed by atoms with Gasteiger partial charge in [-0.2, -0.15) is 10.1 Å². The van der Waals surface area contributed by atoms with Crippen LogP contribution in [0.25, 0.3) is 22.6 Å². The molecule has 0 atom stereocenters. The van der Waals surface area contributed by atoms with Gasteiger partial charge in [-0.05, 0) is 36.6 Å². The van der Waals surface area contributed by atoms with Gasteiger partial charge in [0.15, 0.2) is 11.2 Å². The van der Waals surface area contributed by atoms with Crippen molar-refractivity contribution in [3.05, 3.63) is 63.4 Å². The van der Waals surface area contributed by atoms with E-state index >= 15 is 0 Å². The Morgan fingerprint density at radius 2 is 1.88 bits per heavy atom. The van der Waals surface area contributed by atoms with E-state index in [1.54, 1.807) is 29.2 Å². The maximum atomic E-state index is 12.9. The molecule has 1 N–H and O–H groups in total. The molecule has 0 aliphatic carbocycles. The van der Waals surface area contributed by atoms with Gasteiger partial charge in [-0.1, -0.05) is 39.0 Å². The van der Waals surface area contributed by atoms with Crippen LogP contribution < -0.4 is 5.56 Å². The van der Waals surface area contributed by atoms with Crippen molar-refractivity contribution < 1.29 is 13.2 Å². The monoisotopic (exact) mass is 496 g/mol. The first-order valence-electron chi connectivity index (χ1n) is 11.0. The maximum Gasteiger partial charge on any atom is 0.280 e. The lowest BCUT2D eigenvalue weighted by Crippen LogP contribution is -2.22. The zero-order valence-electron chi connectivity index (χ0n) is 19.5. The van der Waals surface area contributed by atoms with Gasteiger partial charge in [0, 0.05) is 18.3 Å². The Labute approximate surface area is 200 Å². The predicted octanol–water partition coefficient (Wildman–Crippen LogP) is 6.03. The number of aromatic amines is 1. The molecule has 7 nitrogen and oxygen atoms in total. The highest BCUT2D eigenvalue weighted by molar-refractivity contribution is 6.28. The lowest BCUT2D eigenvalue weighted by Gasteiger charge is -2.04. The molecule has 0 aliphatic heterocycles. The molecule has 0 amide bonds. The lowest BCUT2D eigenvalue weighted by atomic mass is 10.1. The first-order chi connectivity index (χ1) is 16.4. The van der Waals surface area contributed by atoms with Crippen LogP contribution in [0, 0.1) is 0 Å². The van der Waals surface area contributed by atoms with Crippen LogP contribution >= 0.6 is 11.6 Å². The number of aromatic nitrogens is 6. The number of H-pyrrole nitrogens is 1. The molecule has 184 valence electrons. The molecule has 11 heteroatoms. The van der Waals surface area contributed by atoms with Gasteiger partial charge in [0.1, 0.15) is 5.82 Å². The van der Waals surface area contributed by atoms with Crippen LogP contribution in [-0.4, -0.2) is 36.0 Å². The molecule has 3 aromatic heterocycles. The van der Waals surface area contributed by atoms with E-state index in [-0.39, 0.29) is 34.2 Å². The van der Waals surface area contributed by atoms with Crippen molar-refractivity contribution in [2.75, 3.05) is 6.67 Å². The number of hydrogen-bond donors (Lipinski definition) is 1. The van der Waals surface area contributed by atoms with Gasteiger partial charge in [0.2, 0.25) is 5.28 Å². The van der Waals surface area contributed by atoms with Crippen LogP contribution in [0.3, 0.4) is 0 Å². The Balaban J connectivity index is 0.000000758. The Kier molecular flexibility index (Phi) is 10.3. The summed E-state index contributed by atoms with van der Waals surface area (Å²) in [5.74, 6) is 0.433. The number of halogens is 4. The molecule has 0 spiro atoms. The van der Waals surface area contributed by atoms with E-state index in [4.69, 9.17) is 11.6 Å². The maximum absolute atomic E-state index is 12.9. The quantitative estimate of drug-likeness (QED) is 0.330. The Hall–Kier alpha value is -3.14. The smallest absolute Gasteiger partial charge is 0.280 e. The van der Waals surface area contributed by atoms with Crippen LogP contribution in [0.1, 0.15) is 51.7 Å². The van der Waals surface area contributed by atoms with E-state index in [0.29, 0.717) is 30.0 Å². The number of alkyl halides is 3. The Bertz CT molecular complexity index is 1250. The van der Waals surface area contributed by atoms with Gasteiger partial charge >= 0.3 is 0 Å². The Morgan fingerprint density at radius 1 is 1.18 bits per heavy atom. The van der Waals surface area contributed by atoms with Crippen molar-refractivity contribution >= 4 is 22.8 Å². The number of hydrogen-bond acceptors (Lipinski definition) is 4. The standard InChI is InChI=1S/C19H17ClF2N6O.C2H5F.C2H6/c1-2-6-28-18(29)14-17(26-19(28)20)25-16(24-14)13-8-23-27(10-13)9-11-4-3-5-12(7-11)15(21)22;1-2-3;1-2/h3-5,7-8,10,15H,2,6,9H2,1H3,(H,24,25);2H2,1H3;1-2H3. The van der Waals surface area contributed by atoms with E-state index in [9.17, 15) is 18.0 Å². The molecule has 34 heavy (non-hydrogen) atoms. The molecule has 3 heterocycles. The minimum Gasteiger partial charge on any atom is -0.332 e. The minimum atomic E-state index is -2.52. The molecular weight excluding hydrogens is 469 g/mol. The highest BCUT2D eigenvalue weighted by Gasteiger charge is 2.15. The highest BCUT2D eigenvalue weighted by atomic mass is 35.5. The molecule has 0 fully saturated rings. The molecule has 0 bridgehead atoms. The van der Waals surface area contributed by atoms with Gasteiger partial charge in [-0.25, -0.2) is 13.8 Å². The number of nitrogens with zero attached hydrogens (tertiary/aromatic N) is 5. The molecular formula is C23H28ClF3N6O. The van der Waals surface area contributed by atoms with Gasteiger partial charge in [0.25, 0.3) is 12.0 Å². The fraction of sp³-hybridized carbons (Fsp3) is 0.391. The van der Waals surface area contributed by atoms with Crippen molar-refractivity contribution in [2.24, 2.45) is 0 Å². The van der Waals surface area contributed by atoms with Crippen LogP contribution in [0.15, 0.2) is 41.5 Å². The normalized spacial score (nSPS) is 10.6. The summed E-state index contributed by atoms with van der Waals surface area (Å²) < 4.78 is 39.0. The zero-order valence-corrected chi connectivity index (χ0v) is 20.3. The number of benzene rings is 1. The van der Waals surface area contributed by atoms with Crippen molar-refractivity contribution in [3.8, 4) is 11.4 Å². The van der Waals surface area contributed by atoms with Gasteiger partial charge in [-0.3, -0.25) is 18.4 Å². The largest absolute Gasteiger partial charge is 0.332 e. The highest BCUT2D eigenvalue weighted by Crippen LogP contribution is 2.21. The molecule has 0 aliphatic rings. The number of fused-ring (bicyclic) bond motifs is 1.